The summed E-state index contributed by atoms with van der Waals surface area (Å²) in [5, 5.41) is 18.2. The summed E-state index contributed by atoms with van der Waals surface area (Å²) in [5.74, 6) is 0. The summed E-state index contributed by atoms with van der Waals surface area (Å²) in [7, 11) is 0. The number of rotatable bonds is 11. The van der Waals surface area contributed by atoms with Crippen molar-refractivity contribution in [3.63, 3.8) is 0 Å². The van der Waals surface area contributed by atoms with Gasteiger partial charge in [-0.1, -0.05) is 26.2 Å². The van der Waals surface area contributed by atoms with Gasteiger partial charge in [0.05, 0.1) is 0 Å². The highest BCUT2D eigenvalue weighted by atomic mass is 32.2. The van der Waals surface area contributed by atoms with E-state index in [0.717, 1.165) is 32.1 Å². The second-order valence-electron chi connectivity index (χ2n) is 4.09. The van der Waals surface area contributed by atoms with E-state index in [0.29, 0.717) is 16.4 Å². The lowest BCUT2D eigenvalue weighted by molar-refractivity contribution is 0.282. The molecule has 0 spiro atoms. The number of aliphatic hydroxyl groups excluding tert-OH is 2. The van der Waals surface area contributed by atoms with Crippen molar-refractivity contribution in [2.45, 2.75) is 61.7 Å². The molecule has 0 heterocycles. The average molecular weight is 266 g/mol. The molecule has 98 valence electrons. The molecule has 0 amide bonds. The van der Waals surface area contributed by atoms with E-state index in [-0.39, 0.29) is 6.61 Å². The van der Waals surface area contributed by atoms with Crippen LogP contribution in [0.5, 0.6) is 0 Å². The zero-order valence-corrected chi connectivity index (χ0v) is 12.0. The maximum Gasteiger partial charge on any atom is 0.0475 e. The zero-order valence-electron chi connectivity index (χ0n) is 10.3. The maximum absolute atomic E-state index is 8.96. The predicted octanol–water partition coefficient (Wildman–Crippen LogP) is 3.08. The van der Waals surface area contributed by atoms with E-state index < -0.39 is 0 Å². The summed E-state index contributed by atoms with van der Waals surface area (Å²) in [4.78, 5) is 0. The van der Waals surface area contributed by atoms with Crippen LogP contribution in [-0.2, 0) is 0 Å². The molecule has 2 N–H and O–H groups in total. The molecule has 0 aromatic rings. The van der Waals surface area contributed by atoms with Crippen molar-refractivity contribution in [1.82, 2.24) is 0 Å². The van der Waals surface area contributed by atoms with Gasteiger partial charge in [0.25, 0.3) is 0 Å². The van der Waals surface area contributed by atoms with Crippen molar-refractivity contribution in [2.75, 3.05) is 13.2 Å². The van der Waals surface area contributed by atoms with Crippen LogP contribution in [0.4, 0.5) is 0 Å². The van der Waals surface area contributed by atoms with Crippen molar-refractivity contribution >= 4 is 24.4 Å². The molecule has 0 rings (SSSR count). The van der Waals surface area contributed by atoms with Gasteiger partial charge < -0.3 is 10.2 Å². The molecule has 0 saturated heterocycles. The lowest BCUT2D eigenvalue weighted by atomic mass is 10.2. The van der Waals surface area contributed by atoms with Gasteiger partial charge in [-0.15, -0.1) is 11.8 Å². The number of hydrogen-bond donors (Lipinski definition) is 3. The summed E-state index contributed by atoms with van der Waals surface area (Å²) in [6.07, 6.45) is 7.44. The Labute approximate surface area is 110 Å². The molecule has 16 heavy (non-hydrogen) atoms. The fourth-order valence-electron chi connectivity index (χ4n) is 1.64. The Morgan fingerprint density at radius 3 is 2.31 bits per heavy atom. The van der Waals surface area contributed by atoms with Gasteiger partial charge in [0.1, 0.15) is 0 Å². The van der Waals surface area contributed by atoms with Crippen LogP contribution in [0.2, 0.25) is 0 Å². The number of thiol groups is 1. The van der Waals surface area contributed by atoms with Gasteiger partial charge >= 0.3 is 0 Å². The van der Waals surface area contributed by atoms with E-state index in [1.165, 1.54) is 12.8 Å². The van der Waals surface area contributed by atoms with Crippen LogP contribution in [-0.4, -0.2) is 33.3 Å². The molecule has 0 aliphatic heterocycles. The van der Waals surface area contributed by atoms with Crippen LogP contribution in [0.25, 0.3) is 0 Å². The number of aliphatic hydroxyl groups is 2. The van der Waals surface area contributed by atoms with Crippen LogP contribution in [0.15, 0.2) is 0 Å². The highest BCUT2D eigenvalue weighted by Crippen LogP contribution is 2.29. The summed E-state index contributed by atoms with van der Waals surface area (Å²) in [5.41, 5.74) is 0. The van der Waals surface area contributed by atoms with Crippen LogP contribution in [0.1, 0.15) is 51.9 Å². The minimum absolute atomic E-state index is 0.280. The van der Waals surface area contributed by atoms with E-state index in [2.05, 4.69) is 19.6 Å². The number of unbranched alkanes of at least 4 members (excludes halogenated alkanes) is 2. The van der Waals surface area contributed by atoms with E-state index >= 15 is 0 Å². The van der Waals surface area contributed by atoms with Crippen LogP contribution in [0.3, 0.4) is 0 Å². The van der Waals surface area contributed by atoms with Crippen molar-refractivity contribution in [3.8, 4) is 0 Å². The molecule has 0 radical (unpaired) electrons. The third kappa shape index (κ3) is 9.82. The monoisotopic (exact) mass is 266 g/mol. The van der Waals surface area contributed by atoms with Gasteiger partial charge in [-0.25, -0.2) is 0 Å². The Morgan fingerprint density at radius 2 is 1.75 bits per heavy atom. The summed E-state index contributed by atoms with van der Waals surface area (Å²) >= 11 is 6.47. The first-order valence-corrected chi connectivity index (χ1v) is 7.75. The second-order valence-corrected chi connectivity index (χ2v) is 6.57. The number of hydrogen-bond acceptors (Lipinski definition) is 4. The molecule has 0 aromatic carbocycles. The largest absolute Gasteiger partial charge is 0.396 e. The van der Waals surface area contributed by atoms with E-state index in [4.69, 9.17) is 10.2 Å². The molecule has 0 aliphatic rings. The molecule has 2 nitrogen and oxygen atoms in total. The van der Waals surface area contributed by atoms with Crippen molar-refractivity contribution < 1.29 is 10.2 Å². The Balaban J connectivity index is 3.59. The smallest absolute Gasteiger partial charge is 0.0475 e. The Kier molecular flexibility index (Phi) is 12.6. The molecule has 0 aromatic heterocycles. The maximum atomic E-state index is 8.96. The first kappa shape index (κ1) is 16.6. The summed E-state index contributed by atoms with van der Waals surface area (Å²) < 4.78 is 0.377. The number of thioether (sulfide) groups is 1. The SMILES string of the molecule is CCCC(CCO)SC(S)CCCCCO. The first-order valence-electron chi connectivity index (χ1n) is 6.29. The fourth-order valence-corrected chi connectivity index (χ4v) is 3.70. The summed E-state index contributed by atoms with van der Waals surface area (Å²) in [6.45, 7) is 2.76. The minimum Gasteiger partial charge on any atom is -0.396 e. The molecule has 4 heteroatoms. The van der Waals surface area contributed by atoms with Crippen LogP contribution < -0.4 is 0 Å². The third-order valence-corrected chi connectivity index (χ3v) is 4.55. The van der Waals surface area contributed by atoms with Gasteiger partial charge in [0, 0.05) is 23.0 Å². The Bertz CT molecular complexity index is 139. The molecule has 0 bridgehead atoms. The standard InChI is InChI=1S/C12H26O2S2/c1-2-6-11(8-10-14)16-12(15)7-4-3-5-9-13/h11-15H,2-10H2,1H3. The van der Waals surface area contributed by atoms with E-state index in [1.807, 2.05) is 11.8 Å². The zero-order chi connectivity index (χ0) is 12.2. The summed E-state index contributed by atoms with van der Waals surface area (Å²) in [6, 6.07) is 0. The van der Waals surface area contributed by atoms with Crippen LogP contribution >= 0.6 is 24.4 Å². The highest BCUT2D eigenvalue weighted by molar-refractivity contribution is 8.10. The minimum atomic E-state index is 0.280. The fraction of sp³-hybridized carbons (Fsp3) is 1.00. The van der Waals surface area contributed by atoms with Gasteiger partial charge in [-0.3, -0.25) is 0 Å². The normalized spacial score (nSPS) is 15.0. The molecule has 0 saturated carbocycles. The lowest BCUT2D eigenvalue weighted by Gasteiger charge is -2.19. The van der Waals surface area contributed by atoms with E-state index in [1.54, 1.807) is 0 Å². The molecular weight excluding hydrogens is 240 g/mol. The third-order valence-electron chi connectivity index (χ3n) is 2.52. The van der Waals surface area contributed by atoms with Gasteiger partial charge in [-0.05, 0) is 25.7 Å². The lowest BCUT2D eigenvalue weighted by Crippen LogP contribution is -2.09. The molecule has 0 fully saturated rings. The van der Waals surface area contributed by atoms with Crippen molar-refractivity contribution in [2.24, 2.45) is 0 Å². The van der Waals surface area contributed by atoms with Crippen molar-refractivity contribution in [3.05, 3.63) is 0 Å². The Hall–Kier alpha value is 0.620. The molecule has 2 atom stereocenters. The van der Waals surface area contributed by atoms with Gasteiger partial charge in [0.15, 0.2) is 0 Å². The highest BCUT2D eigenvalue weighted by Gasteiger charge is 2.12. The topological polar surface area (TPSA) is 40.5 Å². The van der Waals surface area contributed by atoms with Gasteiger partial charge in [-0.2, -0.15) is 12.6 Å². The molecular formula is C12H26O2S2. The molecule has 2 unspecified atom stereocenters. The van der Waals surface area contributed by atoms with E-state index in [9.17, 15) is 0 Å². The predicted molar refractivity (Wildman–Crippen MR) is 76.3 cm³/mol. The quantitative estimate of drug-likeness (QED) is 0.306. The van der Waals surface area contributed by atoms with Gasteiger partial charge in [0.2, 0.25) is 0 Å². The second kappa shape index (κ2) is 12.1. The molecule has 0 aliphatic carbocycles. The van der Waals surface area contributed by atoms with Crippen LogP contribution in [0, 0.1) is 0 Å². The average Bonchev–Trinajstić information content (AvgIpc) is 2.25. The van der Waals surface area contributed by atoms with Crippen molar-refractivity contribution in [1.29, 1.82) is 0 Å². The Morgan fingerprint density at radius 1 is 1.00 bits per heavy atom. The first-order chi connectivity index (χ1) is 7.74.